The summed E-state index contributed by atoms with van der Waals surface area (Å²) >= 11 is 0. The highest BCUT2D eigenvalue weighted by molar-refractivity contribution is 5.00. The van der Waals surface area contributed by atoms with Gasteiger partial charge in [0.15, 0.2) is 0 Å². The van der Waals surface area contributed by atoms with Crippen molar-refractivity contribution in [2.24, 2.45) is 5.92 Å². The summed E-state index contributed by atoms with van der Waals surface area (Å²) in [5.74, 6) is 0.543. The van der Waals surface area contributed by atoms with Crippen LogP contribution in [0.4, 0.5) is 0 Å². The zero-order valence-corrected chi connectivity index (χ0v) is 13.7. The van der Waals surface area contributed by atoms with E-state index in [4.69, 9.17) is 4.74 Å². The van der Waals surface area contributed by atoms with Crippen molar-refractivity contribution >= 4 is 0 Å². The van der Waals surface area contributed by atoms with Crippen LogP contribution >= 0.6 is 0 Å². The van der Waals surface area contributed by atoms with E-state index in [1.54, 1.807) is 6.33 Å². The van der Waals surface area contributed by atoms with E-state index in [1.807, 2.05) is 12.3 Å². The lowest BCUT2D eigenvalue weighted by Gasteiger charge is -2.38. The summed E-state index contributed by atoms with van der Waals surface area (Å²) in [7, 11) is 0. The van der Waals surface area contributed by atoms with Gasteiger partial charge in [-0.1, -0.05) is 6.92 Å². The number of nitrogens with zero attached hydrogens (tertiary/aromatic N) is 4. The van der Waals surface area contributed by atoms with Crippen LogP contribution in [0.15, 0.2) is 18.6 Å². The monoisotopic (exact) mass is 304 g/mol. The van der Waals surface area contributed by atoms with Gasteiger partial charge in [-0.2, -0.15) is 0 Å². The lowest BCUT2D eigenvalue weighted by atomic mass is 9.99. The molecule has 2 saturated heterocycles. The molecule has 0 N–H and O–H groups in total. The lowest BCUT2D eigenvalue weighted by Crippen LogP contribution is -2.46. The van der Waals surface area contributed by atoms with Crippen molar-refractivity contribution in [1.29, 1.82) is 0 Å². The molecule has 0 aliphatic carbocycles. The minimum absolute atomic E-state index is 0.543. The van der Waals surface area contributed by atoms with E-state index in [-0.39, 0.29) is 0 Å². The Morgan fingerprint density at radius 1 is 1.27 bits per heavy atom. The van der Waals surface area contributed by atoms with Crippen LogP contribution in [0.2, 0.25) is 0 Å². The van der Waals surface area contributed by atoms with Gasteiger partial charge in [0.2, 0.25) is 0 Å². The van der Waals surface area contributed by atoms with Crippen LogP contribution in [-0.4, -0.2) is 71.7 Å². The van der Waals surface area contributed by atoms with Gasteiger partial charge < -0.3 is 9.64 Å². The van der Waals surface area contributed by atoms with E-state index in [0.29, 0.717) is 5.92 Å². The Morgan fingerprint density at radius 3 is 2.86 bits per heavy atom. The van der Waals surface area contributed by atoms with E-state index in [1.165, 1.54) is 32.5 Å². The molecule has 3 heterocycles. The molecular weight excluding hydrogens is 276 g/mol. The van der Waals surface area contributed by atoms with Crippen LogP contribution in [0.1, 0.15) is 25.5 Å². The molecule has 5 nitrogen and oxygen atoms in total. The molecule has 2 aliphatic rings. The smallest absolute Gasteiger partial charge is 0.115 e. The van der Waals surface area contributed by atoms with E-state index in [2.05, 4.69) is 26.7 Å². The summed E-state index contributed by atoms with van der Waals surface area (Å²) in [6.45, 7) is 9.88. The highest BCUT2D eigenvalue weighted by atomic mass is 16.5. The first-order valence-corrected chi connectivity index (χ1v) is 8.64. The first-order chi connectivity index (χ1) is 10.8. The molecule has 1 unspecified atom stereocenters. The number of hydrogen-bond acceptors (Lipinski definition) is 5. The second kappa shape index (κ2) is 7.99. The van der Waals surface area contributed by atoms with Crippen LogP contribution in [0.3, 0.4) is 0 Å². The first-order valence-electron chi connectivity index (χ1n) is 8.64. The minimum Gasteiger partial charge on any atom is -0.380 e. The van der Waals surface area contributed by atoms with E-state index >= 15 is 0 Å². The predicted octanol–water partition coefficient (Wildman–Crippen LogP) is 1.45. The fourth-order valence-electron chi connectivity index (χ4n) is 3.70. The van der Waals surface area contributed by atoms with Crippen molar-refractivity contribution < 1.29 is 4.74 Å². The fraction of sp³-hybridized carbons (Fsp3) is 0.765. The second-order valence-electron chi connectivity index (χ2n) is 6.51. The Balaban J connectivity index is 1.56. The molecular formula is C17H28N4O. The van der Waals surface area contributed by atoms with Gasteiger partial charge in [-0.3, -0.25) is 4.90 Å². The molecule has 0 bridgehead atoms. The number of hydrogen-bond donors (Lipinski definition) is 0. The minimum atomic E-state index is 0.543. The average Bonchev–Trinajstić information content (AvgIpc) is 2.81. The van der Waals surface area contributed by atoms with Crippen molar-refractivity contribution in [3.05, 3.63) is 24.3 Å². The number of rotatable bonds is 4. The number of aromatic nitrogens is 2. The molecule has 1 atom stereocenters. The summed E-state index contributed by atoms with van der Waals surface area (Å²) < 4.78 is 5.85. The van der Waals surface area contributed by atoms with Gasteiger partial charge >= 0.3 is 0 Å². The largest absolute Gasteiger partial charge is 0.380 e. The van der Waals surface area contributed by atoms with Gasteiger partial charge in [0, 0.05) is 36.9 Å². The summed E-state index contributed by atoms with van der Waals surface area (Å²) in [6.07, 6.45) is 7.07. The van der Waals surface area contributed by atoms with Crippen LogP contribution in [0.5, 0.6) is 0 Å². The Morgan fingerprint density at radius 2 is 2.14 bits per heavy atom. The molecule has 22 heavy (non-hydrogen) atoms. The van der Waals surface area contributed by atoms with Crippen molar-refractivity contribution in [3.8, 4) is 0 Å². The van der Waals surface area contributed by atoms with Gasteiger partial charge in [-0.15, -0.1) is 0 Å². The SMILES string of the molecule is CCN1CCC(N2CCOCC(Cc3ccncn3)C2)CC1. The molecule has 0 amide bonds. The molecule has 3 rings (SSSR count). The summed E-state index contributed by atoms with van der Waals surface area (Å²) in [4.78, 5) is 13.6. The topological polar surface area (TPSA) is 41.5 Å². The molecule has 0 radical (unpaired) electrons. The summed E-state index contributed by atoms with van der Waals surface area (Å²) in [5, 5.41) is 0. The molecule has 122 valence electrons. The third-order valence-corrected chi connectivity index (χ3v) is 5.03. The van der Waals surface area contributed by atoms with E-state index in [9.17, 15) is 0 Å². The Kier molecular flexibility index (Phi) is 5.76. The molecule has 0 saturated carbocycles. The van der Waals surface area contributed by atoms with Crippen LogP contribution in [0.25, 0.3) is 0 Å². The summed E-state index contributed by atoms with van der Waals surface area (Å²) in [6, 6.07) is 2.76. The molecule has 0 aromatic carbocycles. The maximum atomic E-state index is 5.85. The third kappa shape index (κ3) is 4.24. The van der Waals surface area contributed by atoms with Gasteiger partial charge in [0.1, 0.15) is 6.33 Å². The highest BCUT2D eigenvalue weighted by Crippen LogP contribution is 2.20. The van der Waals surface area contributed by atoms with Gasteiger partial charge in [0.25, 0.3) is 0 Å². The summed E-state index contributed by atoms with van der Waals surface area (Å²) in [5.41, 5.74) is 1.13. The Bertz CT molecular complexity index is 434. The third-order valence-electron chi connectivity index (χ3n) is 5.03. The fourth-order valence-corrected chi connectivity index (χ4v) is 3.70. The highest BCUT2D eigenvalue weighted by Gasteiger charge is 2.27. The van der Waals surface area contributed by atoms with Gasteiger partial charge in [-0.05, 0) is 45.0 Å². The standard InChI is InChI=1S/C17H28N4O/c1-2-20-7-4-17(5-8-20)21-9-10-22-13-15(12-21)11-16-3-6-18-14-19-16/h3,6,14-15,17H,2,4-5,7-13H2,1H3. The first kappa shape index (κ1) is 15.8. The van der Waals surface area contributed by atoms with Crippen LogP contribution in [-0.2, 0) is 11.2 Å². The lowest BCUT2D eigenvalue weighted by molar-refractivity contribution is 0.0987. The Labute approximate surface area is 133 Å². The van der Waals surface area contributed by atoms with Gasteiger partial charge in [-0.25, -0.2) is 9.97 Å². The molecule has 1 aromatic heterocycles. The average molecular weight is 304 g/mol. The zero-order valence-electron chi connectivity index (χ0n) is 13.7. The quantitative estimate of drug-likeness (QED) is 0.842. The molecule has 0 spiro atoms. The van der Waals surface area contributed by atoms with Gasteiger partial charge in [0.05, 0.1) is 13.2 Å². The molecule has 1 aromatic rings. The van der Waals surface area contributed by atoms with Crippen molar-refractivity contribution in [1.82, 2.24) is 19.8 Å². The van der Waals surface area contributed by atoms with Crippen molar-refractivity contribution in [3.63, 3.8) is 0 Å². The maximum absolute atomic E-state index is 5.85. The Hall–Kier alpha value is -1.04. The normalized spacial score (nSPS) is 26.0. The maximum Gasteiger partial charge on any atom is 0.115 e. The number of likely N-dealkylation sites (tertiary alicyclic amines) is 1. The van der Waals surface area contributed by atoms with E-state index < -0.39 is 0 Å². The molecule has 2 aliphatic heterocycles. The number of piperidine rings is 1. The molecule has 2 fully saturated rings. The van der Waals surface area contributed by atoms with Crippen LogP contribution in [0, 0.1) is 5.92 Å². The van der Waals surface area contributed by atoms with E-state index in [0.717, 1.165) is 44.5 Å². The molecule has 5 heteroatoms. The van der Waals surface area contributed by atoms with Crippen LogP contribution < -0.4 is 0 Å². The second-order valence-corrected chi connectivity index (χ2v) is 6.51. The van der Waals surface area contributed by atoms with Crippen molar-refractivity contribution in [2.75, 3.05) is 45.9 Å². The van der Waals surface area contributed by atoms with Crippen molar-refractivity contribution in [2.45, 2.75) is 32.2 Å². The zero-order chi connectivity index (χ0) is 15.2. The number of ether oxygens (including phenoxy) is 1. The predicted molar refractivity (Wildman–Crippen MR) is 86.8 cm³/mol.